The van der Waals surface area contributed by atoms with Crippen LogP contribution in [0.25, 0.3) is 0 Å². The Balaban J connectivity index is 2.71. The largest absolute Gasteiger partial charge is 0.356 e. The fourth-order valence-electron chi connectivity index (χ4n) is 1.71. The summed E-state index contributed by atoms with van der Waals surface area (Å²) in [5.41, 5.74) is 1.42. The zero-order chi connectivity index (χ0) is 14.5. The monoisotopic (exact) mass is 281 g/mol. The molecule has 108 valence electrons. The first-order valence-electron chi connectivity index (χ1n) is 6.75. The van der Waals surface area contributed by atoms with Crippen LogP contribution < -0.4 is 10.2 Å². The molecule has 4 heteroatoms. The van der Waals surface area contributed by atoms with Crippen molar-refractivity contribution in [1.29, 1.82) is 0 Å². The fourth-order valence-corrected chi connectivity index (χ4v) is 2.42. The Morgan fingerprint density at radius 2 is 2.11 bits per heavy atom. The van der Waals surface area contributed by atoms with Gasteiger partial charge in [-0.3, -0.25) is 0 Å². The second kappa shape index (κ2) is 7.15. The lowest BCUT2D eigenvalue weighted by Gasteiger charge is -2.26. The molecule has 19 heavy (non-hydrogen) atoms. The normalized spacial score (nSPS) is 13.4. The molecule has 1 atom stereocenters. The number of hydrogen-bond acceptors (Lipinski definition) is 4. The molecule has 0 aliphatic rings. The Hall–Kier alpha value is -0.740. The second-order valence-corrected chi connectivity index (χ2v) is 6.95. The van der Waals surface area contributed by atoms with Crippen LogP contribution in [-0.2, 0) is 6.54 Å². The van der Waals surface area contributed by atoms with Crippen molar-refractivity contribution < 1.29 is 0 Å². The average molecular weight is 281 g/mol. The van der Waals surface area contributed by atoms with Crippen molar-refractivity contribution in [3.63, 3.8) is 0 Å². The molecule has 1 aromatic heterocycles. The van der Waals surface area contributed by atoms with Gasteiger partial charge in [-0.1, -0.05) is 0 Å². The van der Waals surface area contributed by atoms with Crippen molar-refractivity contribution in [2.24, 2.45) is 0 Å². The van der Waals surface area contributed by atoms with Crippen LogP contribution in [0, 0.1) is 0 Å². The van der Waals surface area contributed by atoms with Gasteiger partial charge in [0.1, 0.15) is 5.82 Å². The van der Waals surface area contributed by atoms with E-state index in [4.69, 9.17) is 0 Å². The summed E-state index contributed by atoms with van der Waals surface area (Å²) in [5, 5.41) is 3.51. The minimum atomic E-state index is 0.140. The number of nitrogens with one attached hydrogen (secondary N) is 1. The first kappa shape index (κ1) is 16.3. The molecule has 1 aromatic rings. The Labute approximate surface area is 122 Å². The van der Waals surface area contributed by atoms with Crippen molar-refractivity contribution in [3.05, 3.63) is 23.9 Å². The summed E-state index contributed by atoms with van der Waals surface area (Å²) in [4.78, 5) is 6.72. The van der Waals surface area contributed by atoms with Gasteiger partial charge in [-0.15, -0.1) is 0 Å². The molecule has 0 aromatic carbocycles. The molecule has 3 nitrogen and oxygen atoms in total. The Kier molecular flexibility index (Phi) is 6.14. The highest BCUT2D eigenvalue weighted by Crippen LogP contribution is 2.16. The van der Waals surface area contributed by atoms with Crippen LogP contribution in [0.5, 0.6) is 0 Å². The van der Waals surface area contributed by atoms with Gasteiger partial charge in [0, 0.05) is 37.1 Å². The zero-order valence-electron chi connectivity index (χ0n) is 13.0. The minimum absolute atomic E-state index is 0.140. The maximum atomic E-state index is 4.48. The molecule has 0 saturated heterocycles. The fraction of sp³-hybridized carbons (Fsp3) is 0.667. The van der Waals surface area contributed by atoms with Gasteiger partial charge in [0.2, 0.25) is 0 Å². The molecular formula is C15H27N3S. The van der Waals surface area contributed by atoms with Gasteiger partial charge in [0.15, 0.2) is 0 Å². The van der Waals surface area contributed by atoms with Crippen LogP contribution in [0.3, 0.4) is 0 Å². The van der Waals surface area contributed by atoms with Crippen LogP contribution in [-0.4, -0.2) is 35.6 Å². The van der Waals surface area contributed by atoms with Crippen LogP contribution in [0.15, 0.2) is 18.3 Å². The lowest BCUT2D eigenvalue weighted by molar-refractivity contribution is 0.424. The molecule has 0 amide bonds. The summed E-state index contributed by atoms with van der Waals surface area (Å²) in [7, 11) is 2.12. The molecule has 0 spiro atoms. The number of rotatable bonds is 6. The lowest BCUT2D eigenvalue weighted by Crippen LogP contribution is -2.35. The van der Waals surface area contributed by atoms with Crippen molar-refractivity contribution in [1.82, 2.24) is 10.3 Å². The van der Waals surface area contributed by atoms with Crippen molar-refractivity contribution >= 4 is 17.6 Å². The van der Waals surface area contributed by atoms with E-state index in [0.29, 0.717) is 6.04 Å². The second-order valence-electron chi connectivity index (χ2n) is 6.04. The topological polar surface area (TPSA) is 28.2 Å². The van der Waals surface area contributed by atoms with Gasteiger partial charge >= 0.3 is 0 Å². The summed E-state index contributed by atoms with van der Waals surface area (Å²) in [6.45, 7) is 9.66. The number of nitrogens with zero attached hydrogens (tertiary/aromatic N) is 2. The van der Waals surface area contributed by atoms with E-state index in [-0.39, 0.29) is 5.54 Å². The highest BCUT2D eigenvalue weighted by molar-refractivity contribution is 7.98. The highest BCUT2D eigenvalue weighted by Gasteiger charge is 2.12. The van der Waals surface area contributed by atoms with Crippen LogP contribution in [0.2, 0.25) is 0 Å². The zero-order valence-corrected chi connectivity index (χ0v) is 13.8. The quantitative estimate of drug-likeness (QED) is 0.867. The summed E-state index contributed by atoms with van der Waals surface area (Å²) in [6, 6.07) is 4.75. The van der Waals surface area contributed by atoms with Gasteiger partial charge in [-0.25, -0.2) is 4.98 Å². The third-order valence-electron chi connectivity index (χ3n) is 3.06. The minimum Gasteiger partial charge on any atom is -0.356 e. The van der Waals surface area contributed by atoms with Crippen molar-refractivity contribution in [3.8, 4) is 0 Å². The third kappa shape index (κ3) is 5.83. The van der Waals surface area contributed by atoms with Gasteiger partial charge in [0.05, 0.1) is 0 Å². The molecule has 0 aliphatic carbocycles. The summed E-state index contributed by atoms with van der Waals surface area (Å²) in [6.07, 6.45) is 4.04. The van der Waals surface area contributed by atoms with Gasteiger partial charge < -0.3 is 10.2 Å². The van der Waals surface area contributed by atoms with E-state index in [1.807, 2.05) is 18.0 Å². The van der Waals surface area contributed by atoms with E-state index in [2.05, 4.69) is 68.3 Å². The maximum Gasteiger partial charge on any atom is 0.128 e. The van der Waals surface area contributed by atoms with Crippen molar-refractivity contribution in [2.45, 2.75) is 45.8 Å². The van der Waals surface area contributed by atoms with E-state index in [1.165, 1.54) is 5.56 Å². The first-order valence-corrected chi connectivity index (χ1v) is 8.14. The molecule has 1 heterocycles. The molecule has 0 radical (unpaired) electrons. The smallest absolute Gasteiger partial charge is 0.128 e. The van der Waals surface area contributed by atoms with E-state index in [9.17, 15) is 0 Å². The predicted molar refractivity (Wildman–Crippen MR) is 87.1 cm³/mol. The van der Waals surface area contributed by atoms with Gasteiger partial charge in [0.25, 0.3) is 0 Å². The van der Waals surface area contributed by atoms with Crippen molar-refractivity contribution in [2.75, 3.05) is 24.0 Å². The molecule has 1 unspecified atom stereocenters. The molecule has 0 fully saturated rings. The molecule has 0 aliphatic heterocycles. The third-order valence-corrected chi connectivity index (χ3v) is 3.88. The Morgan fingerprint density at radius 1 is 1.42 bits per heavy atom. The first-order chi connectivity index (χ1) is 8.83. The lowest BCUT2D eigenvalue weighted by atomic mass is 10.1. The van der Waals surface area contributed by atoms with E-state index < -0.39 is 0 Å². The maximum absolute atomic E-state index is 4.48. The van der Waals surface area contributed by atoms with Crippen LogP contribution in [0.1, 0.15) is 33.3 Å². The average Bonchev–Trinajstić information content (AvgIpc) is 2.35. The SMILES string of the molecule is CSCC(C)N(C)c1cc(CNC(C)(C)C)ccn1. The molecule has 0 bridgehead atoms. The standard InChI is InChI=1S/C15H27N3S/c1-12(11-19-6)18(5)14-9-13(7-8-16-14)10-17-15(2,3)4/h7-9,12,17H,10-11H2,1-6H3. The number of anilines is 1. The number of aromatic nitrogens is 1. The van der Waals surface area contributed by atoms with E-state index >= 15 is 0 Å². The van der Waals surface area contributed by atoms with E-state index in [0.717, 1.165) is 18.1 Å². The van der Waals surface area contributed by atoms with Crippen LogP contribution in [0.4, 0.5) is 5.82 Å². The Morgan fingerprint density at radius 3 is 2.68 bits per heavy atom. The molecule has 0 saturated carbocycles. The highest BCUT2D eigenvalue weighted by atomic mass is 32.2. The van der Waals surface area contributed by atoms with Gasteiger partial charge in [-0.05, 0) is 51.6 Å². The summed E-state index contributed by atoms with van der Waals surface area (Å²) < 4.78 is 0. The number of thioether (sulfide) groups is 1. The molecule has 1 rings (SSSR count). The summed E-state index contributed by atoms with van der Waals surface area (Å²) >= 11 is 1.87. The van der Waals surface area contributed by atoms with E-state index in [1.54, 1.807) is 0 Å². The Bertz CT molecular complexity index is 387. The van der Waals surface area contributed by atoms with Crippen LogP contribution >= 0.6 is 11.8 Å². The number of pyridine rings is 1. The molecular weight excluding hydrogens is 254 g/mol. The predicted octanol–water partition coefficient (Wildman–Crippen LogP) is 3.16. The van der Waals surface area contributed by atoms with Gasteiger partial charge in [-0.2, -0.15) is 11.8 Å². The summed E-state index contributed by atoms with van der Waals surface area (Å²) in [5.74, 6) is 2.16. The molecule has 1 N–H and O–H groups in total. The number of hydrogen-bond donors (Lipinski definition) is 1.